The van der Waals surface area contributed by atoms with Crippen LogP contribution in [0.2, 0.25) is 0 Å². The fourth-order valence-electron chi connectivity index (χ4n) is 3.79. The molecule has 0 fully saturated rings. The van der Waals surface area contributed by atoms with Crippen LogP contribution in [0.1, 0.15) is 24.5 Å². The third kappa shape index (κ3) is 5.90. The van der Waals surface area contributed by atoms with Crippen LogP contribution in [-0.2, 0) is 22.4 Å². The Labute approximate surface area is 204 Å². The van der Waals surface area contributed by atoms with E-state index in [0.29, 0.717) is 28.7 Å². The summed E-state index contributed by atoms with van der Waals surface area (Å²) in [6.07, 6.45) is 2.29. The van der Waals surface area contributed by atoms with E-state index in [0.717, 1.165) is 18.4 Å². The first-order chi connectivity index (χ1) is 17.1. The maximum absolute atomic E-state index is 13.4. The van der Waals surface area contributed by atoms with E-state index in [-0.39, 0.29) is 23.5 Å². The van der Waals surface area contributed by atoms with Crippen LogP contribution < -0.4 is 14.9 Å². The fourth-order valence-corrected chi connectivity index (χ4v) is 3.79. The zero-order chi connectivity index (χ0) is 24.6. The van der Waals surface area contributed by atoms with Gasteiger partial charge in [0, 0.05) is 5.56 Å². The number of rotatable bonds is 10. The molecule has 0 aliphatic rings. The quantitative estimate of drug-likeness (QED) is 0.221. The molecule has 6 heteroatoms. The molecule has 0 spiro atoms. The largest absolute Gasteiger partial charge is 0.497 e. The van der Waals surface area contributed by atoms with Crippen molar-refractivity contribution in [2.45, 2.75) is 26.2 Å². The van der Waals surface area contributed by atoms with Gasteiger partial charge in [-0.1, -0.05) is 43.3 Å². The van der Waals surface area contributed by atoms with Crippen LogP contribution >= 0.6 is 0 Å². The van der Waals surface area contributed by atoms with Crippen LogP contribution in [0.4, 0.5) is 0 Å². The Balaban J connectivity index is 1.52. The minimum absolute atomic E-state index is 0.0165. The number of hydrogen-bond acceptors (Lipinski definition) is 6. The van der Waals surface area contributed by atoms with Crippen molar-refractivity contribution in [2.24, 2.45) is 0 Å². The Kier molecular flexibility index (Phi) is 7.83. The monoisotopic (exact) mass is 472 g/mol. The molecule has 4 rings (SSSR count). The normalized spacial score (nSPS) is 10.8. The second-order valence-electron chi connectivity index (χ2n) is 8.10. The minimum atomic E-state index is -0.541. The Bertz CT molecular complexity index is 1340. The van der Waals surface area contributed by atoms with E-state index in [9.17, 15) is 9.59 Å². The third-order valence-electron chi connectivity index (χ3n) is 5.72. The number of aryl methyl sites for hydroxylation is 2. The van der Waals surface area contributed by atoms with E-state index >= 15 is 0 Å². The van der Waals surface area contributed by atoms with E-state index in [2.05, 4.69) is 0 Å². The molecule has 1 aromatic heterocycles. The summed E-state index contributed by atoms with van der Waals surface area (Å²) in [5.41, 5.74) is 2.95. The second-order valence-corrected chi connectivity index (χ2v) is 8.10. The zero-order valence-electron chi connectivity index (χ0n) is 19.9. The number of carbonyl (C=O) groups is 1. The molecule has 0 unspecified atom stereocenters. The number of esters is 1. The molecule has 0 saturated heterocycles. The van der Waals surface area contributed by atoms with Gasteiger partial charge in [-0.25, -0.2) is 4.79 Å². The highest BCUT2D eigenvalue weighted by Gasteiger charge is 2.19. The van der Waals surface area contributed by atoms with Crippen LogP contribution in [0.15, 0.2) is 82.0 Å². The lowest BCUT2D eigenvalue weighted by atomic mass is 10.1. The van der Waals surface area contributed by atoms with Crippen LogP contribution in [0.25, 0.3) is 22.3 Å². The molecule has 0 bridgehead atoms. The van der Waals surface area contributed by atoms with Crippen LogP contribution in [0.3, 0.4) is 0 Å². The summed E-state index contributed by atoms with van der Waals surface area (Å²) >= 11 is 0. The lowest BCUT2D eigenvalue weighted by Gasteiger charge is -2.12. The van der Waals surface area contributed by atoms with E-state index in [4.69, 9.17) is 18.6 Å². The van der Waals surface area contributed by atoms with Gasteiger partial charge in [0.05, 0.1) is 19.1 Å². The smallest absolute Gasteiger partial charge is 0.344 e. The molecule has 0 aliphatic carbocycles. The van der Waals surface area contributed by atoms with Crippen molar-refractivity contribution in [3.63, 3.8) is 0 Å². The van der Waals surface area contributed by atoms with Crippen molar-refractivity contribution < 1.29 is 23.4 Å². The molecule has 0 saturated carbocycles. The van der Waals surface area contributed by atoms with Crippen molar-refractivity contribution in [2.75, 3.05) is 20.3 Å². The molecule has 0 aliphatic heterocycles. The average molecular weight is 473 g/mol. The van der Waals surface area contributed by atoms with Gasteiger partial charge in [0.15, 0.2) is 12.4 Å². The summed E-state index contributed by atoms with van der Waals surface area (Å²) in [5.74, 6) is 0.370. The van der Waals surface area contributed by atoms with Gasteiger partial charge in [-0.05, 0) is 66.8 Å². The molecule has 0 N–H and O–H groups in total. The third-order valence-corrected chi connectivity index (χ3v) is 5.72. The van der Waals surface area contributed by atoms with Gasteiger partial charge in [0.25, 0.3) is 0 Å². The highest BCUT2D eigenvalue weighted by atomic mass is 16.6. The summed E-state index contributed by atoms with van der Waals surface area (Å²) < 4.78 is 22.4. The molecular weight excluding hydrogens is 444 g/mol. The van der Waals surface area contributed by atoms with Crippen molar-refractivity contribution in [3.8, 4) is 22.8 Å². The minimum Gasteiger partial charge on any atom is -0.497 e. The molecule has 0 amide bonds. The van der Waals surface area contributed by atoms with Crippen LogP contribution in [0.5, 0.6) is 11.5 Å². The predicted molar refractivity (Wildman–Crippen MR) is 135 cm³/mol. The van der Waals surface area contributed by atoms with E-state index in [1.807, 2.05) is 43.3 Å². The molecule has 3 aromatic carbocycles. The molecule has 4 aromatic rings. The van der Waals surface area contributed by atoms with E-state index in [1.165, 1.54) is 5.56 Å². The molecule has 35 heavy (non-hydrogen) atoms. The molecule has 0 atom stereocenters. The lowest BCUT2D eigenvalue weighted by molar-refractivity contribution is -0.146. The highest BCUT2D eigenvalue weighted by molar-refractivity contribution is 5.83. The van der Waals surface area contributed by atoms with Crippen molar-refractivity contribution in [1.82, 2.24) is 0 Å². The first kappa shape index (κ1) is 24.1. The first-order valence-corrected chi connectivity index (χ1v) is 11.7. The number of hydrogen-bond donors (Lipinski definition) is 0. The Morgan fingerprint density at radius 1 is 0.943 bits per heavy atom. The SMILES string of the molecule is CCc1ccc2oc(-c3ccc(OC)cc3)c(OCC(=O)OCCCc3ccccc3)c(=O)c2c1. The summed E-state index contributed by atoms with van der Waals surface area (Å²) in [7, 11) is 1.58. The van der Waals surface area contributed by atoms with E-state index in [1.54, 1.807) is 43.5 Å². The molecule has 180 valence electrons. The number of fused-ring (bicyclic) bond motifs is 1. The molecular formula is C29H28O6. The molecule has 1 heterocycles. The molecule has 0 radical (unpaired) electrons. The first-order valence-electron chi connectivity index (χ1n) is 11.7. The van der Waals surface area contributed by atoms with Crippen molar-refractivity contribution >= 4 is 16.9 Å². The van der Waals surface area contributed by atoms with E-state index < -0.39 is 12.6 Å². The lowest BCUT2D eigenvalue weighted by Crippen LogP contribution is -2.19. The number of ether oxygens (including phenoxy) is 3. The van der Waals surface area contributed by atoms with Crippen molar-refractivity contribution in [1.29, 1.82) is 0 Å². The van der Waals surface area contributed by atoms with Gasteiger partial charge in [0.2, 0.25) is 11.2 Å². The summed E-state index contributed by atoms with van der Waals surface area (Å²) in [5, 5.41) is 0.410. The topological polar surface area (TPSA) is 75.0 Å². The second kappa shape index (κ2) is 11.4. The molecule has 6 nitrogen and oxygen atoms in total. The summed E-state index contributed by atoms with van der Waals surface area (Å²) in [4.78, 5) is 25.7. The average Bonchev–Trinajstić information content (AvgIpc) is 2.91. The number of methoxy groups -OCH3 is 1. The number of benzene rings is 3. The Hall–Kier alpha value is -4.06. The maximum Gasteiger partial charge on any atom is 0.344 e. The fraction of sp³-hybridized carbons (Fsp3) is 0.241. The van der Waals surface area contributed by atoms with Gasteiger partial charge >= 0.3 is 5.97 Å². The number of carbonyl (C=O) groups excluding carboxylic acids is 1. The standard InChI is InChI=1S/C29H28O6/c1-3-20-11-16-25-24(18-20)27(31)29(28(35-25)22-12-14-23(32-2)15-13-22)34-19-26(30)33-17-7-10-21-8-5-4-6-9-21/h4-6,8-9,11-16,18H,3,7,10,17,19H2,1-2H3. The maximum atomic E-state index is 13.4. The summed E-state index contributed by atoms with van der Waals surface area (Å²) in [6.45, 7) is 1.90. The van der Waals surface area contributed by atoms with Gasteiger partial charge in [-0.3, -0.25) is 4.79 Å². The van der Waals surface area contributed by atoms with Crippen LogP contribution in [-0.4, -0.2) is 26.3 Å². The Morgan fingerprint density at radius 2 is 1.71 bits per heavy atom. The zero-order valence-corrected chi connectivity index (χ0v) is 19.9. The summed E-state index contributed by atoms with van der Waals surface area (Å²) in [6, 6.07) is 22.6. The van der Waals surface area contributed by atoms with Gasteiger partial charge in [0.1, 0.15) is 11.3 Å². The van der Waals surface area contributed by atoms with Gasteiger partial charge < -0.3 is 18.6 Å². The Morgan fingerprint density at radius 3 is 2.43 bits per heavy atom. The highest BCUT2D eigenvalue weighted by Crippen LogP contribution is 2.32. The van der Waals surface area contributed by atoms with Gasteiger partial charge in [-0.15, -0.1) is 0 Å². The van der Waals surface area contributed by atoms with Gasteiger partial charge in [-0.2, -0.15) is 0 Å². The van der Waals surface area contributed by atoms with Crippen LogP contribution in [0, 0.1) is 0 Å². The predicted octanol–water partition coefficient (Wildman–Crippen LogP) is 5.59. The van der Waals surface area contributed by atoms with Crippen molar-refractivity contribution in [3.05, 3.63) is 94.1 Å².